The molecule has 0 spiro atoms. The summed E-state index contributed by atoms with van der Waals surface area (Å²) in [5.74, 6) is 0. The topological polar surface area (TPSA) is 83.2 Å². The van der Waals surface area contributed by atoms with Crippen LogP contribution in [0.2, 0.25) is 0 Å². The minimum Gasteiger partial charge on any atom is -0.463 e. The van der Waals surface area contributed by atoms with Crippen molar-refractivity contribution in [2.75, 3.05) is 13.2 Å². The molecule has 1 N–H and O–H groups in total. The largest absolute Gasteiger partial charge is 0.463 e. The molecule has 0 saturated heterocycles. The maximum Gasteiger partial charge on any atom is 0.316 e. The van der Waals surface area contributed by atoms with Crippen molar-refractivity contribution in [3.8, 4) is 12.1 Å². The molecule has 27 heavy (non-hydrogen) atoms. The number of rotatable bonds is 7. The van der Waals surface area contributed by atoms with E-state index in [4.69, 9.17) is 4.74 Å². The monoisotopic (exact) mass is 359 g/mol. The summed E-state index contributed by atoms with van der Waals surface area (Å²) in [7, 11) is 0. The molecule has 0 unspecified atom stereocenters. The van der Waals surface area contributed by atoms with Crippen molar-refractivity contribution in [2.45, 2.75) is 19.8 Å². The van der Waals surface area contributed by atoms with E-state index in [1.54, 1.807) is 6.21 Å². The van der Waals surface area contributed by atoms with E-state index in [1.165, 1.54) is 11.8 Å². The second-order valence-electron chi connectivity index (χ2n) is 6.06. The third-order valence-electron chi connectivity index (χ3n) is 4.07. The first-order valence-electron chi connectivity index (χ1n) is 8.82. The van der Waals surface area contributed by atoms with E-state index in [2.05, 4.69) is 38.5 Å². The average molecular weight is 359 g/mol. The molecule has 0 bridgehead atoms. The van der Waals surface area contributed by atoms with Crippen LogP contribution in [-0.2, 0) is 6.42 Å². The minimum absolute atomic E-state index is 0.279. The van der Waals surface area contributed by atoms with Crippen LogP contribution in [0.25, 0.3) is 0 Å². The smallest absolute Gasteiger partial charge is 0.316 e. The van der Waals surface area contributed by atoms with Crippen LogP contribution in [0.1, 0.15) is 23.2 Å². The van der Waals surface area contributed by atoms with Gasteiger partial charge in [-0.1, -0.05) is 30.4 Å². The summed E-state index contributed by atoms with van der Waals surface area (Å²) in [6.45, 7) is 3.34. The SMILES string of the molecule is Cc1ccccc1/N=C\Cc1nc(OCCC2=CNCC=C2)ncc1C#N. The van der Waals surface area contributed by atoms with Crippen LogP contribution in [0.5, 0.6) is 6.01 Å². The van der Waals surface area contributed by atoms with Gasteiger partial charge >= 0.3 is 6.01 Å². The van der Waals surface area contributed by atoms with E-state index in [9.17, 15) is 5.26 Å². The molecule has 136 valence electrons. The first kappa shape index (κ1) is 18.3. The number of benzene rings is 1. The van der Waals surface area contributed by atoms with Crippen LogP contribution in [0.3, 0.4) is 0 Å². The Morgan fingerprint density at radius 1 is 1.37 bits per heavy atom. The number of hydrogen-bond donors (Lipinski definition) is 1. The highest BCUT2D eigenvalue weighted by Gasteiger charge is 2.08. The summed E-state index contributed by atoms with van der Waals surface area (Å²) < 4.78 is 5.65. The Kier molecular flexibility index (Phi) is 6.31. The lowest BCUT2D eigenvalue weighted by atomic mass is 10.1. The molecule has 0 amide bonds. The van der Waals surface area contributed by atoms with Crippen molar-refractivity contribution in [3.05, 3.63) is 71.2 Å². The van der Waals surface area contributed by atoms with E-state index < -0.39 is 0 Å². The number of ether oxygens (including phenoxy) is 1. The Morgan fingerprint density at radius 2 is 2.26 bits per heavy atom. The highest BCUT2D eigenvalue weighted by atomic mass is 16.5. The number of aliphatic imine (C=N–C) groups is 1. The number of aromatic nitrogens is 2. The number of nitrogens with zero attached hydrogens (tertiary/aromatic N) is 4. The number of allylic oxidation sites excluding steroid dienone is 1. The molecule has 2 aromatic rings. The fourth-order valence-corrected chi connectivity index (χ4v) is 2.59. The van der Waals surface area contributed by atoms with E-state index in [1.807, 2.05) is 37.4 Å². The molecule has 3 rings (SSSR count). The van der Waals surface area contributed by atoms with Gasteiger partial charge in [0, 0.05) is 31.8 Å². The lowest BCUT2D eigenvalue weighted by Crippen LogP contribution is -2.11. The summed E-state index contributed by atoms with van der Waals surface area (Å²) in [6.07, 6.45) is 10.6. The van der Waals surface area contributed by atoms with E-state index >= 15 is 0 Å². The highest BCUT2D eigenvalue weighted by Crippen LogP contribution is 2.17. The maximum absolute atomic E-state index is 9.28. The van der Waals surface area contributed by atoms with Crippen molar-refractivity contribution in [3.63, 3.8) is 0 Å². The fraction of sp³-hybridized carbons (Fsp3) is 0.238. The van der Waals surface area contributed by atoms with Crippen molar-refractivity contribution in [1.82, 2.24) is 15.3 Å². The van der Waals surface area contributed by atoms with Crippen molar-refractivity contribution in [1.29, 1.82) is 5.26 Å². The zero-order chi connectivity index (χ0) is 18.9. The van der Waals surface area contributed by atoms with Gasteiger partial charge in [-0.2, -0.15) is 10.2 Å². The van der Waals surface area contributed by atoms with Crippen LogP contribution in [0, 0.1) is 18.3 Å². The molecule has 6 nitrogen and oxygen atoms in total. The van der Waals surface area contributed by atoms with Crippen molar-refractivity contribution in [2.24, 2.45) is 4.99 Å². The van der Waals surface area contributed by atoms with Crippen LogP contribution >= 0.6 is 0 Å². The standard InChI is InChI=1S/C21H21N5O/c1-16-5-2-3-7-19(16)24-11-8-20-18(13-22)15-25-21(26-20)27-12-9-17-6-4-10-23-14-17/h2-7,11,14-15,23H,8-10,12H2,1H3/b24-11-. The Balaban J connectivity index is 1.63. The second-order valence-corrected chi connectivity index (χ2v) is 6.06. The predicted molar refractivity (Wildman–Crippen MR) is 105 cm³/mol. The lowest BCUT2D eigenvalue weighted by Gasteiger charge is -2.09. The summed E-state index contributed by atoms with van der Waals surface area (Å²) >= 11 is 0. The quantitative estimate of drug-likeness (QED) is 0.766. The van der Waals surface area contributed by atoms with Gasteiger partial charge in [-0.05, 0) is 24.1 Å². The van der Waals surface area contributed by atoms with Crippen molar-refractivity contribution < 1.29 is 4.74 Å². The van der Waals surface area contributed by atoms with Gasteiger partial charge in [0.15, 0.2) is 0 Å². The van der Waals surface area contributed by atoms with Gasteiger partial charge in [0.05, 0.1) is 29.7 Å². The van der Waals surface area contributed by atoms with E-state index in [-0.39, 0.29) is 6.01 Å². The van der Waals surface area contributed by atoms with Crippen molar-refractivity contribution >= 4 is 11.9 Å². The Morgan fingerprint density at radius 3 is 3.04 bits per heavy atom. The molecule has 1 aromatic heterocycles. The molecular weight excluding hydrogens is 338 g/mol. The maximum atomic E-state index is 9.28. The van der Waals surface area contributed by atoms with Gasteiger partial charge < -0.3 is 10.1 Å². The number of para-hydroxylation sites is 1. The molecule has 0 fully saturated rings. The summed E-state index contributed by atoms with van der Waals surface area (Å²) in [5.41, 5.74) is 4.21. The lowest BCUT2D eigenvalue weighted by molar-refractivity contribution is 0.295. The van der Waals surface area contributed by atoms with Gasteiger partial charge in [0.1, 0.15) is 6.07 Å². The van der Waals surface area contributed by atoms with Gasteiger partial charge in [0.2, 0.25) is 0 Å². The number of nitrogens with one attached hydrogen (secondary N) is 1. The third kappa shape index (κ3) is 5.25. The van der Waals surface area contributed by atoms with E-state index in [0.717, 1.165) is 24.2 Å². The molecule has 1 aliphatic rings. The number of hydrogen-bond acceptors (Lipinski definition) is 6. The predicted octanol–water partition coefficient (Wildman–Crippen LogP) is 3.41. The number of dihydropyridines is 1. The Bertz CT molecular complexity index is 924. The van der Waals surface area contributed by atoms with Gasteiger partial charge in [-0.15, -0.1) is 0 Å². The average Bonchev–Trinajstić information content (AvgIpc) is 2.70. The van der Waals surface area contributed by atoms with Gasteiger partial charge in [0.25, 0.3) is 0 Å². The molecular formula is C21H21N5O. The molecule has 2 heterocycles. The molecule has 0 aliphatic carbocycles. The summed E-state index contributed by atoms with van der Waals surface area (Å²) in [6, 6.07) is 10.3. The highest BCUT2D eigenvalue weighted by molar-refractivity contribution is 5.67. The zero-order valence-corrected chi connectivity index (χ0v) is 15.2. The fourth-order valence-electron chi connectivity index (χ4n) is 2.59. The van der Waals surface area contributed by atoms with Crippen LogP contribution in [0.4, 0.5) is 5.69 Å². The number of nitriles is 1. The third-order valence-corrected chi connectivity index (χ3v) is 4.07. The summed E-state index contributed by atoms with van der Waals surface area (Å²) in [5, 5.41) is 12.4. The van der Waals surface area contributed by atoms with Gasteiger partial charge in [-0.3, -0.25) is 4.99 Å². The van der Waals surface area contributed by atoms with Crippen LogP contribution in [0.15, 0.2) is 59.4 Å². The van der Waals surface area contributed by atoms with Gasteiger partial charge in [-0.25, -0.2) is 4.98 Å². The van der Waals surface area contributed by atoms with Crippen LogP contribution < -0.4 is 10.1 Å². The molecule has 0 atom stereocenters. The van der Waals surface area contributed by atoms with Crippen LogP contribution in [-0.4, -0.2) is 29.3 Å². The Labute approximate surface area is 159 Å². The number of aryl methyl sites for hydroxylation is 1. The molecule has 0 radical (unpaired) electrons. The van der Waals surface area contributed by atoms with E-state index in [0.29, 0.717) is 24.3 Å². The first-order chi connectivity index (χ1) is 13.3. The Hall–Kier alpha value is -3.46. The second kappa shape index (κ2) is 9.30. The summed E-state index contributed by atoms with van der Waals surface area (Å²) in [4.78, 5) is 13.0. The molecule has 1 aliphatic heterocycles. The minimum atomic E-state index is 0.279. The molecule has 6 heteroatoms. The first-order valence-corrected chi connectivity index (χ1v) is 8.82. The zero-order valence-electron chi connectivity index (χ0n) is 15.2. The molecule has 1 aromatic carbocycles. The molecule has 0 saturated carbocycles. The normalized spacial score (nSPS) is 13.1.